The summed E-state index contributed by atoms with van der Waals surface area (Å²) in [6, 6.07) is 3.66. The molecule has 2 aromatic carbocycles. The van der Waals surface area contributed by atoms with E-state index in [9.17, 15) is 8.78 Å². The summed E-state index contributed by atoms with van der Waals surface area (Å²) in [6.07, 6.45) is 0. The molecule has 0 amide bonds. The first-order valence-electron chi connectivity index (χ1n) is 5.79. The van der Waals surface area contributed by atoms with E-state index >= 15 is 0 Å². The molecule has 9 heteroatoms. The van der Waals surface area contributed by atoms with Crippen LogP contribution in [0.5, 0.6) is 0 Å². The van der Waals surface area contributed by atoms with Gasteiger partial charge in [-0.05, 0) is 120 Å². The van der Waals surface area contributed by atoms with E-state index in [2.05, 4.69) is 112 Å². The van der Waals surface area contributed by atoms with E-state index < -0.39 is 6.67 Å². The van der Waals surface area contributed by atoms with Crippen LogP contribution < -0.4 is 0 Å². The van der Waals surface area contributed by atoms with Gasteiger partial charge in [0.25, 0.3) is 0 Å². The standard InChI is InChI=1S/C7H3Br4F.C7H4Br3F/c1-2-3(8)5(10)7(12)6(11)4(2)9;8-5-1-2-6(9)7(10)4(5)3-11/h1H3;1-2H,3H2. The molecule has 0 aliphatic carbocycles. The van der Waals surface area contributed by atoms with Gasteiger partial charge in [-0.3, -0.25) is 0 Å². The maximum absolute atomic E-state index is 13.3. The van der Waals surface area contributed by atoms with Crippen molar-refractivity contribution in [3.63, 3.8) is 0 Å². The predicted molar refractivity (Wildman–Crippen MR) is 116 cm³/mol. The number of hydrogen-bond donors (Lipinski definition) is 0. The van der Waals surface area contributed by atoms with Crippen molar-refractivity contribution >= 4 is 112 Å². The first-order valence-corrected chi connectivity index (χ1v) is 11.3. The van der Waals surface area contributed by atoms with E-state index in [1.807, 2.05) is 19.1 Å². The molecule has 0 bridgehead atoms. The van der Waals surface area contributed by atoms with Crippen LogP contribution in [0.15, 0.2) is 43.4 Å². The fraction of sp³-hybridized carbons (Fsp3) is 0.143. The highest BCUT2D eigenvalue weighted by atomic mass is 79.9. The molecule has 0 heterocycles. The molecule has 0 fully saturated rings. The van der Waals surface area contributed by atoms with Crippen molar-refractivity contribution in [2.24, 2.45) is 0 Å². The molecule has 2 aromatic rings. The Labute approximate surface area is 192 Å². The minimum absolute atomic E-state index is 0.306. The molecule has 2 rings (SSSR count). The molecule has 0 radical (unpaired) electrons. The molecule has 126 valence electrons. The fourth-order valence-electron chi connectivity index (χ4n) is 1.41. The number of halogens is 9. The first kappa shape index (κ1) is 22.7. The smallest absolute Gasteiger partial charge is 0.153 e. The van der Waals surface area contributed by atoms with Gasteiger partial charge in [-0.2, -0.15) is 0 Å². The summed E-state index contributed by atoms with van der Waals surface area (Å²) in [5.74, 6) is -0.306. The SMILES string of the molecule is Cc1c(Br)c(Br)c(F)c(Br)c1Br.FCc1c(Br)ccc(Br)c1Br. The Morgan fingerprint density at radius 3 is 1.57 bits per heavy atom. The van der Waals surface area contributed by atoms with Gasteiger partial charge < -0.3 is 0 Å². The Bertz CT molecular complexity index is 627. The third kappa shape index (κ3) is 5.57. The number of rotatable bonds is 1. The highest BCUT2D eigenvalue weighted by molar-refractivity contribution is 9.14. The van der Waals surface area contributed by atoms with Gasteiger partial charge in [-0.25, -0.2) is 8.78 Å². The van der Waals surface area contributed by atoms with Crippen LogP contribution in [0.25, 0.3) is 0 Å². The van der Waals surface area contributed by atoms with Gasteiger partial charge in [0.05, 0.1) is 8.95 Å². The van der Waals surface area contributed by atoms with Crippen LogP contribution in [-0.2, 0) is 6.67 Å². The summed E-state index contributed by atoms with van der Waals surface area (Å²) in [5, 5.41) is 0. The van der Waals surface area contributed by atoms with Crippen molar-refractivity contribution in [2.75, 3.05) is 0 Å². The Morgan fingerprint density at radius 2 is 1.17 bits per heavy atom. The lowest BCUT2D eigenvalue weighted by molar-refractivity contribution is 0.482. The fourth-order valence-corrected chi connectivity index (χ4v) is 5.20. The molecule has 0 aliphatic heterocycles. The molecule has 0 aromatic heterocycles. The van der Waals surface area contributed by atoms with Gasteiger partial charge in [0.15, 0.2) is 5.82 Å². The lowest BCUT2D eigenvalue weighted by Crippen LogP contribution is -1.88. The zero-order valence-electron chi connectivity index (χ0n) is 11.3. The molecule has 0 aliphatic rings. The first-order chi connectivity index (χ1) is 10.6. The van der Waals surface area contributed by atoms with E-state index in [0.717, 1.165) is 27.9 Å². The van der Waals surface area contributed by atoms with Gasteiger partial charge in [-0.15, -0.1) is 0 Å². The average molecular weight is 773 g/mol. The summed E-state index contributed by atoms with van der Waals surface area (Å²) in [7, 11) is 0. The van der Waals surface area contributed by atoms with Crippen LogP contribution >= 0.6 is 112 Å². The molecular formula is C14H7Br7F2. The molecule has 0 saturated heterocycles. The Kier molecular flexibility index (Phi) is 9.98. The summed E-state index contributed by atoms with van der Waals surface area (Å²) in [5.41, 5.74) is 1.59. The molecular weight excluding hydrogens is 765 g/mol. The number of hydrogen-bond acceptors (Lipinski definition) is 0. The second kappa shape index (κ2) is 10.1. The van der Waals surface area contributed by atoms with E-state index in [4.69, 9.17) is 0 Å². The van der Waals surface area contributed by atoms with E-state index in [0.29, 0.717) is 14.5 Å². The van der Waals surface area contributed by atoms with Crippen LogP contribution in [0.4, 0.5) is 8.78 Å². The lowest BCUT2D eigenvalue weighted by atomic mass is 10.2. The molecule has 0 saturated carbocycles. The second-order valence-corrected chi connectivity index (χ2v) is 9.82. The maximum Gasteiger partial charge on any atom is 0.153 e. The van der Waals surface area contributed by atoms with Crippen LogP contribution in [-0.4, -0.2) is 0 Å². The normalized spacial score (nSPS) is 10.3. The Hall–Kier alpha value is 1.66. The minimum Gasteiger partial charge on any atom is -0.246 e. The highest BCUT2D eigenvalue weighted by Gasteiger charge is 2.15. The van der Waals surface area contributed by atoms with Crippen molar-refractivity contribution in [2.45, 2.75) is 13.6 Å². The summed E-state index contributed by atoms with van der Waals surface area (Å²) >= 11 is 22.7. The van der Waals surface area contributed by atoms with E-state index in [-0.39, 0.29) is 5.82 Å². The summed E-state index contributed by atoms with van der Waals surface area (Å²) in [6.45, 7) is 1.42. The number of alkyl halides is 1. The van der Waals surface area contributed by atoms with Crippen LogP contribution in [0.1, 0.15) is 11.1 Å². The van der Waals surface area contributed by atoms with Gasteiger partial charge >= 0.3 is 0 Å². The van der Waals surface area contributed by atoms with E-state index in [1.54, 1.807) is 0 Å². The molecule has 0 atom stereocenters. The third-order valence-electron chi connectivity index (χ3n) is 2.70. The van der Waals surface area contributed by atoms with Crippen molar-refractivity contribution in [1.82, 2.24) is 0 Å². The quantitative estimate of drug-likeness (QED) is 0.200. The third-order valence-corrected chi connectivity index (χ3v) is 10.1. The van der Waals surface area contributed by atoms with Gasteiger partial charge in [0, 0.05) is 27.9 Å². The zero-order valence-corrected chi connectivity index (χ0v) is 22.4. The highest BCUT2D eigenvalue weighted by Crippen LogP contribution is 2.40. The molecule has 0 nitrogen and oxygen atoms in total. The van der Waals surface area contributed by atoms with E-state index in [1.165, 1.54) is 0 Å². The van der Waals surface area contributed by atoms with Crippen LogP contribution in [0.2, 0.25) is 0 Å². The van der Waals surface area contributed by atoms with Crippen LogP contribution in [0, 0.1) is 12.7 Å². The zero-order chi connectivity index (χ0) is 17.9. The predicted octanol–water partition coefficient (Wildman–Crippen LogP) is 9.63. The number of benzene rings is 2. The largest absolute Gasteiger partial charge is 0.246 e. The average Bonchev–Trinajstić information content (AvgIpc) is 2.54. The summed E-state index contributed by atoms with van der Waals surface area (Å²) < 4.78 is 30.4. The van der Waals surface area contributed by atoms with Crippen LogP contribution in [0.3, 0.4) is 0 Å². The topological polar surface area (TPSA) is 0 Å². The Balaban J connectivity index is 0.000000231. The van der Waals surface area contributed by atoms with Crippen molar-refractivity contribution < 1.29 is 8.78 Å². The Morgan fingerprint density at radius 1 is 0.739 bits per heavy atom. The maximum atomic E-state index is 13.3. The van der Waals surface area contributed by atoms with Crippen molar-refractivity contribution in [1.29, 1.82) is 0 Å². The molecule has 0 spiro atoms. The second-order valence-electron chi connectivity index (χ2n) is 4.15. The minimum atomic E-state index is -0.472. The lowest BCUT2D eigenvalue weighted by Gasteiger charge is -2.07. The molecule has 23 heavy (non-hydrogen) atoms. The summed E-state index contributed by atoms with van der Waals surface area (Å²) in [4.78, 5) is 0. The van der Waals surface area contributed by atoms with Crippen molar-refractivity contribution in [3.05, 3.63) is 60.4 Å². The van der Waals surface area contributed by atoms with Gasteiger partial charge in [0.2, 0.25) is 0 Å². The van der Waals surface area contributed by atoms with Gasteiger partial charge in [-0.1, -0.05) is 15.9 Å². The molecule has 0 N–H and O–H groups in total. The monoisotopic (exact) mass is 765 g/mol. The van der Waals surface area contributed by atoms with Gasteiger partial charge in [0.1, 0.15) is 6.67 Å². The van der Waals surface area contributed by atoms with Crippen molar-refractivity contribution in [3.8, 4) is 0 Å². The molecule has 0 unspecified atom stereocenters.